The number of carbonyl (C=O) groups is 1. The van der Waals surface area contributed by atoms with Gasteiger partial charge in [-0.2, -0.15) is 0 Å². The minimum atomic E-state index is -0.284. The highest BCUT2D eigenvalue weighted by molar-refractivity contribution is 6.04. The Morgan fingerprint density at radius 1 is 1.30 bits per heavy atom. The average Bonchev–Trinajstić information content (AvgIpc) is 2.47. The molecule has 4 heteroatoms. The summed E-state index contributed by atoms with van der Waals surface area (Å²) in [6, 6.07) is 10.6. The Morgan fingerprint density at radius 3 is 2.75 bits per heavy atom. The van der Waals surface area contributed by atoms with E-state index in [4.69, 9.17) is 0 Å². The van der Waals surface area contributed by atoms with Crippen molar-refractivity contribution in [3.63, 3.8) is 0 Å². The molecule has 1 heterocycles. The average molecular weight is 270 g/mol. The van der Waals surface area contributed by atoms with Crippen molar-refractivity contribution >= 4 is 11.6 Å². The molecule has 0 aliphatic heterocycles. The fourth-order valence-electron chi connectivity index (χ4n) is 2.04. The molecule has 4 nitrogen and oxygen atoms in total. The van der Waals surface area contributed by atoms with Crippen LogP contribution in [0, 0.1) is 0 Å². The van der Waals surface area contributed by atoms with E-state index in [1.54, 1.807) is 6.07 Å². The van der Waals surface area contributed by atoms with Crippen LogP contribution in [-0.2, 0) is 0 Å². The second-order valence-corrected chi connectivity index (χ2v) is 4.79. The molecule has 1 amide bonds. The number of pyridine rings is 1. The molecule has 1 unspecified atom stereocenters. The van der Waals surface area contributed by atoms with Gasteiger partial charge in [0.25, 0.3) is 5.91 Å². The van der Waals surface area contributed by atoms with Crippen LogP contribution in [0.5, 0.6) is 0 Å². The minimum absolute atomic E-state index is 0.271. The van der Waals surface area contributed by atoms with Crippen LogP contribution in [0.25, 0.3) is 0 Å². The van der Waals surface area contributed by atoms with Crippen LogP contribution in [-0.4, -0.2) is 10.9 Å². The van der Waals surface area contributed by atoms with Gasteiger partial charge in [0.1, 0.15) is 0 Å². The number of aromatic nitrogens is 1. The van der Waals surface area contributed by atoms with Crippen LogP contribution in [0.3, 0.4) is 0 Å². The van der Waals surface area contributed by atoms with Crippen molar-refractivity contribution in [2.24, 2.45) is 0 Å². The second-order valence-electron chi connectivity index (χ2n) is 4.79. The quantitative estimate of drug-likeness (QED) is 0.896. The van der Waals surface area contributed by atoms with Gasteiger partial charge >= 0.3 is 0 Å². The SMILES string of the molecule is CCC(C)c1ccccc1NC(=O)c1cc[nH]c(=O)c1. The fourth-order valence-corrected chi connectivity index (χ4v) is 2.04. The number of nitrogens with one attached hydrogen (secondary N) is 2. The largest absolute Gasteiger partial charge is 0.329 e. The van der Waals surface area contributed by atoms with Crippen molar-refractivity contribution < 1.29 is 4.79 Å². The number of aromatic amines is 1. The number of hydrogen-bond acceptors (Lipinski definition) is 2. The van der Waals surface area contributed by atoms with Crippen LogP contribution >= 0.6 is 0 Å². The fraction of sp³-hybridized carbons (Fsp3) is 0.250. The zero-order valence-corrected chi connectivity index (χ0v) is 11.6. The lowest BCUT2D eigenvalue weighted by molar-refractivity contribution is 0.102. The summed E-state index contributed by atoms with van der Waals surface area (Å²) in [6.07, 6.45) is 2.47. The van der Waals surface area contributed by atoms with E-state index in [9.17, 15) is 9.59 Å². The normalized spacial score (nSPS) is 11.9. The summed E-state index contributed by atoms with van der Waals surface area (Å²) in [5, 5.41) is 2.88. The molecular weight excluding hydrogens is 252 g/mol. The number of carbonyl (C=O) groups excluding carboxylic acids is 1. The summed E-state index contributed by atoms with van der Waals surface area (Å²) in [5.74, 6) is 0.0949. The van der Waals surface area contributed by atoms with Gasteiger partial charge in [0, 0.05) is 23.5 Å². The molecule has 0 spiro atoms. The molecule has 0 aliphatic rings. The Hall–Kier alpha value is -2.36. The number of benzene rings is 1. The number of para-hydroxylation sites is 1. The maximum absolute atomic E-state index is 12.2. The molecule has 0 saturated carbocycles. The molecule has 0 radical (unpaired) electrons. The van der Waals surface area contributed by atoms with Gasteiger partial charge in [-0.3, -0.25) is 9.59 Å². The van der Waals surface area contributed by atoms with E-state index >= 15 is 0 Å². The number of hydrogen-bond donors (Lipinski definition) is 2. The van der Waals surface area contributed by atoms with Crippen LogP contribution < -0.4 is 10.9 Å². The van der Waals surface area contributed by atoms with Gasteiger partial charge in [0.05, 0.1) is 0 Å². The number of rotatable bonds is 4. The van der Waals surface area contributed by atoms with E-state index in [0.29, 0.717) is 11.5 Å². The predicted molar refractivity (Wildman–Crippen MR) is 80.2 cm³/mol. The van der Waals surface area contributed by atoms with Crippen molar-refractivity contribution in [3.05, 3.63) is 64.1 Å². The molecule has 0 saturated heterocycles. The first kappa shape index (κ1) is 14.1. The van der Waals surface area contributed by atoms with Gasteiger partial charge in [-0.1, -0.05) is 32.0 Å². The molecule has 2 aromatic rings. The van der Waals surface area contributed by atoms with Gasteiger partial charge in [-0.05, 0) is 30.0 Å². The molecule has 2 rings (SSSR count). The van der Waals surface area contributed by atoms with Gasteiger partial charge in [0.2, 0.25) is 5.56 Å². The first-order chi connectivity index (χ1) is 9.61. The van der Waals surface area contributed by atoms with E-state index in [1.807, 2.05) is 24.3 Å². The zero-order valence-electron chi connectivity index (χ0n) is 11.6. The maximum atomic E-state index is 12.2. The zero-order chi connectivity index (χ0) is 14.5. The molecule has 0 fully saturated rings. The van der Waals surface area contributed by atoms with E-state index in [-0.39, 0.29) is 11.5 Å². The third-order valence-corrected chi connectivity index (χ3v) is 3.39. The van der Waals surface area contributed by atoms with Crippen molar-refractivity contribution in [1.29, 1.82) is 0 Å². The highest BCUT2D eigenvalue weighted by Crippen LogP contribution is 2.26. The highest BCUT2D eigenvalue weighted by atomic mass is 16.2. The molecule has 104 valence electrons. The molecule has 0 bridgehead atoms. The molecule has 1 aromatic carbocycles. The topological polar surface area (TPSA) is 62.0 Å². The molecular formula is C16H18N2O2. The number of H-pyrrole nitrogens is 1. The second kappa shape index (κ2) is 6.19. The van der Waals surface area contributed by atoms with Crippen molar-refractivity contribution in [3.8, 4) is 0 Å². The predicted octanol–water partition coefficient (Wildman–Crippen LogP) is 3.14. The Morgan fingerprint density at radius 2 is 2.05 bits per heavy atom. The van der Waals surface area contributed by atoms with Crippen LogP contribution in [0.1, 0.15) is 42.1 Å². The lowest BCUT2D eigenvalue weighted by Gasteiger charge is -2.15. The molecule has 1 aromatic heterocycles. The summed E-state index contributed by atoms with van der Waals surface area (Å²) >= 11 is 0. The molecule has 1 atom stereocenters. The van der Waals surface area contributed by atoms with E-state index < -0.39 is 0 Å². The molecule has 2 N–H and O–H groups in total. The Bertz CT molecular complexity index is 661. The Labute approximate surface area is 117 Å². The number of anilines is 1. The molecule has 0 aliphatic carbocycles. The van der Waals surface area contributed by atoms with Gasteiger partial charge in [-0.25, -0.2) is 0 Å². The summed E-state index contributed by atoms with van der Waals surface area (Å²) in [6.45, 7) is 4.23. The lowest BCUT2D eigenvalue weighted by atomic mass is 9.97. The van der Waals surface area contributed by atoms with E-state index in [0.717, 1.165) is 17.7 Å². The Balaban J connectivity index is 2.26. The highest BCUT2D eigenvalue weighted by Gasteiger charge is 2.12. The minimum Gasteiger partial charge on any atom is -0.329 e. The van der Waals surface area contributed by atoms with Gasteiger partial charge < -0.3 is 10.3 Å². The van der Waals surface area contributed by atoms with Crippen molar-refractivity contribution in [2.45, 2.75) is 26.2 Å². The Kier molecular flexibility index (Phi) is 4.35. The summed E-state index contributed by atoms with van der Waals surface area (Å²) < 4.78 is 0. The smallest absolute Gasteiger partial charge is 0.255 e. The van der Waals surface area contributed by atoms with E-state index in [1.165, 1.54) is 12.3 Å². The third-order valence-electron chi connectivity index (χ3n) is 3.39. The summed E-state index contributed by atoms with van der Waals surface area (Å²) in [5.41, 5.74) is 1.97. The maximum Gasteiger partial charge on any atom is 0.255 e. The van der Waals surface area contributed by atoms with Crippen LogP contribution in [0.4, 0.5) is 5.69 Å². The number of amides is 1. The van der Waals surface area contributed by atoms with Gasteiger partial charge in [0.15, 0.2) is 0 Å². The van der Waals surface area contributed by atoms with Crippen LogP contribution in [0.2, 0.25) is 0 Å². The van der Waals surface area contributed by atoms with Crippen molar-refractivity contribution in [2.75, 3.05) is 5.32 Å². The summed E-state index contributed by atoms with van der Waals surface area (Å²) in [4.78, 5) is 25.9. The first-order valence-electron chi connectivity index (χ1n) is 6.71. The first-order valence-corrected chi connectivity index (χ1v) is 6.71. The summed E-state index contributed by atoms with van der Waals surface area (Å²) in [7, 11) is 0. The van der Waals surface area contributed by atoms with E-state index in [2.05, 4.69) is 24.1 Å². The van der Waals surface area contributed by atoms with Crippen LogP contribution in [0.15, 0.2) is 47.4 Å². The van der Waals surface area contributed by atoms with Gasteiger partial charge in [-0.15, -0.1) is 0 Å². The standard InChI is InChI=1S/C16H18N2O2/c1-3-11(2)13-6-4-5-7-14(13)18-16(20)12-8-9-17-15(19)10-12/h4-11H,3H2,1-2H3,(H,17,19)(H,18,20). The molecule has 20 heavy (non-hydrogen) atoms. The third kappa shape index (κ3) is 3.15. The van der Waals surface area contributed by atoms with Crippen molar-refractivity contribution in [1.82, 2.24) is 4.98 Å². The monoisotopic (exact) mass is 270 g/mol. The lowest BCUT2D eigenvalue weighted by Crippen LogP contribution is -2.16.